The molecular formula is C19H22Cl2N2S. The fourth-order valence-corrected chi connectivity index (χ4v) is 4.20. The van der Waals surface area contributed by atoms with Crippen LogP contribution < -0.4 is 5.32 Å². The van der Waals surface area contributed by atoms with Crippen molar-refractivity contribution in [2.24, 2.45) is 0 Å². The van der Waals surface area contributed by atoms with Crippen LogP contribution in [0.5, 0.6) is 0 Å². The van der Waals surface area contributed by atoms with Crippen LogP contribution in [0.4, 0.5) is 0 Å². The summed E-state index contributed by atoms with van der Waals surface area (Å²) >= 11 is 13.8. The summed E-state index contributed by atoms with van der Waals surface area (Å²) in [4.78, 5) is 0. The van der Waals surface area contributed by atoms with Crippen LogP contribution in [0.15, 0.2) is 48.5 Å². The van der Waals surface area contributed by atoms with E-state index in [4.69, 9.17) is 23.2 Å². The highest BCUT2D eigenvalue weighted by molar-refractivity contribution is 7.96. The molecule has 0 bridgehead atoms. The van der Waals surface area contributed by atoms with Gasteiger partial charge in [0.2, 0.25) is 0 Å². The van der Waals surface area contributed by atoms with Gasteiger partial charge in [0.1, 0.15) is 0 Å². The van der Waals surface area contributed by atoms with Gasteiger partial charge in [-0.25, -0.2) is 4.31 Å². The summed E-state index contributed by atoms with van der Waals surface area (Å²) in [5.74, 6) is 0. The van der Waals surface area contributed by atoms with Crippen LogP contribution in [0.25, 0.3) is 0 Å². The number of benzene rings is 2. The minimum atomic E-state index is 0.472. The zero-order valence-electron chi connectivity index (χ0n) is 13.7. The molecule has 0 radical (unpaired) electrons. The number of piperazine rings is 1. The van der Waals surface area contributed by atoms with Gasteiger partial charge in [-0.1, -0.05) is 59.4 Å². The van der Waals surface area contributed by atoms with Gasteiger partial charge in [0.05, 0.1) is 0 Å². The average molecular weight is 381 g/mol. The SMILES string of the molecule is CSN1C[C@H](Cc2ccc(Cl)cc2)NC[C@@H]1Cc1ccc(Cl)cc1. The van der Waals surface area contributed by atoms with Crippen LogP contribution in [0.2, 0.25) is 10.0 Å². The second-order valence-electron chi connectivity index (χ2n) is 6.20. The van der Waals surface area contributed by atoms with Crippen molar-refractivity contribution in [3.8, 4) is 0 Å². The van der Waals surface area contributed by atoms with Crippen molar-refractivity contribution in [1.29, 1.82) is 0 Å². The third-order valence-electron chi connectivity index (χ3n) is 4.46. The summed E-state index contributed by atoms with van der Waals surface area (Å²) in [7, 11) is 0. The maximum Gasteiger partial charge on any atom is 0.0406 e. The monoisotopic (exact) mass is 380 g/mol. The van der Waals surface area contributed by atoms with Gasteiger partial charge in [0, 0.05) is 35.2 Å². The Kier molecular flexibility index (Phi) is 6.48. The third-order valence-corrected chi connectivity index (χ3v) is 5.88. The minimum absolute atomic E-state index is 0.472. The zero-order chi connectivity index (χ0) is 16.9. The molecule has 1 fully saturated rings. The van der Waals surface area contributed by atoms with Crippen LogP contribution >= 0.6 is 35.1 Å². The molecule has 2 atom stereocenters. The van der Waals surface area contributed by atoms with E-state index < -0.39 is 0 Å². The molecule has 0 aromatic heterocycles. The lowest BCUT2D eigenvalue weighted by Crippen LogP contribution is -2.55. The summed E-state index contributed by atoms with van der Waals surface area (Å²) < 4.78 is 2.51. The summed E-state index contributed by atoms with van der Waals surface area (Å²) in [5.41, 5.74) is 2.66. The summed E-state index contributed by atoms with van der Waals surface area (Å²) in [6, 6.07) is 17.3. The van der Waals surface area contributed by atoms with E-state index in [0.717, 1.165) is 36.0 Å². The minimum Gasteiger partial charge on any atom is -0.311 e. The fraction of sp³-hybridized carbons (Fsp3) is 0.368. The topological polar surface area (TPSA) is 15.3 Å². The Labute approximate surface area is 158 Å². The predicted molar refractivity (Wildman–Crippen MR) is 106 cm³/mol. The van der Waals surface area contributed by atoms with Gasteiger partial charge in [0.25, 0.3) is 0 Å². The lowest BCUT2D eigenvalue weighted by molar-refractivity contribution is 0.239. The van der Waals surface area contributed by atoms with E-state index in [1.807, 2.05) is 36.2 Å². The number of hydrogen-bond acceptors (Lipinski definition) is 3. The molecule has 24 heavy (non-hydrogen) atoms. The second-order valence-corrected chi connectivity index (χ2v) is 7.91. The first-order valence-corrected chi connectivity index (χ1v) is 10.1. The highest BCUT2D eigenvalue weighted by Gasteiger charge is 2.27. The summed E-state index contributed by atoms with van der Waals surface area (Å²) in [5, 5.41) is 5.31. The number of nitrogens with zero attached hydrogens (tertiary/aromatic N) is 1. The molecule has 2 nitrogen and oxygen atoms in total. The van der Waals surface area contributed by atoms with Crippen molar-refractivity contribution in [2.75, 3.05) is 19.3 Å². The van der Waals surface area contributed by atoms with Crippen molar-refractivity contribution in [2.45, 2.75) is 24.9 Å². The second kappa shape index (κ2) is 8.59. The van der Waals surface area contributed by atoms with Gasteiger partial charge in [-0.15, -0.1) is 0 Å². The van der Waals surface area contributed by atoms with Crippen molar-refractivity contribution in [3.63, 3.8) is 0 Å². The Morgan fingerprint density at radius 3 is 2.04 bits per heavy atom. The van der Waals surface area contributed by atoms with E-state index >= 15 is 0 Å². The smallest absolute Gasteiger partial charge is 0.0406 e. The molecule has 1 aliphatic rings. The first-order valence-electron chi connectivity index (χ1n) is 8.17. The molecule has 1 saturated heterocycles. The Balaban J connectivity index is 1.58. The molecule has 1 heterocycles. The Bertz CT molecular complexity index is 645. The van der Waals surface area contributed by atoms with Gasteiger partial charge < -0.3 is 5.32 Å². The maximum absolute atomic E-state index is 5.98. The first-order chi connectivity index (χ1) is 11.6. The Morgan fingerprint density at radius 1 is 0.958 bits per heavy atom. The molecule has 1 N–H and O–H groups in total. The number of nitrogens with one attached hydrogen (secondary N) is 1. The Hall–Kier alpha value is -0.710. The van der Waals surface area contributed by atoms with E-state index in [1.165, 1.54) is 11.1 Å². The van der Waals surface area contributed by atoms with Gasteiger partial charge >= 0.3 is 0 Å². The van der Waals surface area contributed by atoms with Crippen molar-refractivity contribution >= 4 is 35.1 Å². The quantitative estimate of drug-likeness (QED) is 0.756. The molecule has 3 rings (SSSR count). The van der Waals surface area contributed by atoms with Gasteiger partial charge in [-0.3, -0.25) is 0 Å². The van der Waals surface area contributed by atoms with Crippen LogP contribution in [0.1, 0.15) is 11.1 Å². The van der Waals surface area contributed by atoms with E-state index in [-0.39, 0.29) is 0 Å². The molecule has 0 aliphatic carbocycles. The van der Waals surface area contributed by atoms with Crippen LogP contribution in [0, 0.1) is 0 Å². The van der Waals surface area contributed by atoms with Crippen LogP contribution in [-0.4, -0.2) is 35.7 Å². The predicted octanol–water partition coefficient (Wildman–Crippen LogP) is 4.70. The third kappa shape index (κ3) is 4.90. The first kappa shape index (κ1) is 18.1. The highest BCUT2D eigenvalue weighted by Crippen LogP contribution is 2.22. The van der Waals surface area contributed by atoms with Crippen LogP contribution in [-0.2, 0) is 12.8 Å². The standard InChI is InChI=1S/C19H22Cl2N2S/c1-24-23-13-18(10-14-2-6-16(20)7-3-14)22-12-19(23)11-15-4-8-17(21)9-5-15/h2-9,18-19,22H,10-13H2,1H3/t18-,19-/m0/s1. The molecular weight excluding hydrogens is 359 g/mol. The highest BCUT2D eigenvalue weighted by atomic mass is 35.5. The molecule has 0 amide bonds. The van der Waals surface area contributed by atoms with E-state index in [2.05, 4.69) is 40.1 Å². The Morgan fingerprint density at radius 2 is 1.50 bits per heavy atom. The van der Waals surface area contributed by atoms with Gasteiger partial charge in [-0.2, -0.15) is 0 Å². The van der Waals surface area contributed by atoms with Crippen molar-refractivity contribution in [1.82, 2.24) is 9.62 Å². The zero-order valence-corrected chi connectivity index (χ0v) is 16.0. The molecule has 5 heteroatoms. The van der Waals surface area contributed by atoms with Gasteiger partial charge in [0.15, 0.2) is 0 Å². The molecule has 2 aromatic carbocycles. The number of hydrogen-bond donors (Lipinski definition) is 1. The average Bonchev–Trinajstić information content (AvgIpc) is 2.60. The lowest BCUT2D eigenvalue weighted by Gasteiger charge is -2.39. The molecule has 0 spiro atoms. The van der Waals surface area contributed by atoms with E-state index in [0.29, 0.717) is 12.1 Å². The molecule has 0 saturated carbocycles. The van der Waals surface area contributed by atoms with Crippen molar-refractivity contribution < 1.29 is 0 Å². The van der Waals surface area contributed by atoms with Gasteiger partial charge in [-0.05, 0) is 54.5 Å². The normalized spacial score (nSPS) is 21.8. The van der Waals surface area contributed by atoms with Crippen molar-refractivity contribution in [3.05, 3.63) is 69.7 Å². The lowest BCUT2D eigenvalue weighted by atomic mass is 10.00. The maximum atomic E-state index is 5.98. The fourth-order valence-electron chi connectivity index (χ4n) is 3.17. The van der Waals surface area contributed by atoms with E-state index in [1.54, 1.807) is 0 Å². The van der Waals surface area contributed by atoms with E-state index in [9.17, 15) is 0 Å². The molecule has 0 unspecified atom stereocenters. The van der Waals surface area contributed by atoms with Crippen LogP contribution in [0.3, 0.4) is 0 Å². The largest absolute Gasteiger partial charge is 0.311 e. The summed E-state index contributed by atoms with van der Waals surface area (Å²) in [6.45, 7) is 2.05. The summed E-state index contributed by atoms with van der Waals surface area (Å²) in [6.07, 6.45) is 4.24. The number of halogens is 2. The number of rotatable bonds is 5. The molecule has 2 aromatic rings. The molecule has 128 valence electrons. The molecule has 1 aliphatic heterocycles.